The third kappa shape index (κ3) is 7.15. The summed E-state index contributed by atoms with van der Waals surface area (Å²) in [5, 5.41) is 10.3. The summed E-state index contributed by atoms with van der Waals surface area (Å²) in [5.74, 6) is 3.17. The van der Waals surface area contributed by atoms with E-state index in [1.54, 1.807) is 0 Å². The molecule has 0 radical (unpaired) electrons. The van der Waals surface area contributed by atoms with Gasteiger partial charge in [0, 0.05) is 63.3 Å². The van der Waals surface area contributed by atoms with Crippen LogP contribution in [0, 0.1) is 6.92 Å². The number of amides is 2. The number of aryl methyl sites for hydroxylation is 1. The van der Waals surface area contributed by atoms with Crippen LogP contribution >= 0.6 is 0 Å². The number of ether oxygens (including phenoxy) is 1. The smallest absolute Gasteiger partial charge is 0.251 e. The number of piperazine rings is 1. The van der Waals surface area contributed by atoms with E-state index in [4.69, 9.17) is 14.1 Å². The third-order valence-corrected chi connectivity index (χ3v) is 9.01. The molecule has 1 aromatic carbocycles. The van der Waals surface area contributed by atoms with Gasteiger partial charge in [-0.05, 0) is 74.4 Å². The highest BCUT2D eigenvalue weighted by atomic mass is 16.5. The molecule has 1 aliphatic carbocycles. The van der Waals surface area contributed by atoms with Gasteiger partial charge in [0.25, 0.3) is 5.91 Å². The van der Waals surface area contributed by atoms with Crippen LogP contribution in [0.25, 0.3) is 0 Å². The van der Waals surface area contributed by atoms with Gasteiger partial charge in [-0.3, -0.25) is 9.59 Å². The average molecular weight is 602 g/mol. The van der Waals surface area contributed by atoms with E-state index in [1.165, 1.54) is 23.9 Å². The first-order chi connectivity index (χ1) is 21.4. The minimum atomic E-state index is -0.0925. The number of anilines is 2. The minimum absolute atomic E-state index is 0.0925. The molecule has 4 heterocycles. The summed E-state index contributed by atoms with van der Waals surface area (Å²) < 4.78 is 11.3. The lowest BCUT2D eigenvalue weighted by Gasteiger charge is -2.36. The number of nitrogens with zero attached hydrogens (tertiary/aromatic N) is 4. The van der Waals surface area contributed by atoms with E-state index in [1.807, 2.05) is 36.9 Å². The van der Waals surface area contributed by atoms with E-state index in [0.29, 0.717) is 57.4 Å². The van der Waals surface area contributed by atoms with Crippen molar-refractivity contribution in [2.45, 2.75) is 77.6 Å². The molecule has 44 heavy (non-hydrogen) atoms. The average Bonchev–Trinajstić information content (AvgIpc) is 3.45. The van der Waals surface area contributed by atoms with Crippen molar-refractivity contribution in [3.63, 3.8) is 0 Å². The molecule has 6 rings (SSSR count). The van der Waals surface area contributed by atoms with Crippen LogP contribution in [0.1, 0.15) is 72.0 Å². The summed E-state index contributed by atoms with van der Waals surface area (Å²) in [4.78, 5) is 38.5. The van der Waals surface area contributed by atoms with Crippen LogP contribution < -0.4 is 25.6 Å². The zero-order valence-corrected chi connectivity index (χ0v) is 25.7. The monoisotopic (exact) mass is 601 g/mol. The molecule has 1 saturated heterocycles. The van der Waals surface area contributed by atoms with Crippen LogP contribution in [0.3, 0.4) is 0 Å². The highest BCUT2D eigenvalue weighted by Gasteiger charge is 2.24. The van der Waals surface area contributed by atoms with Gasteiger partial charge in [0.1, 0.15) is 24.0 Å². The van der Waals surface area contributed by atoms with E-state index in [-0.39, 0.29) is 17.9 Å². The number of pyridine rings is 1. The molecule has 2 aromatic heterocycles. The molecule has 11 nitrogen and oxygen atoms in total. The fraction of sp³-hybridized carbons (Fsp3) is 0.515. The molecule has 1 atom stereocenters. The molecule has 0 spiro atoms. The van der Waals surface area contributed by atoms with Gasteiger partial charge in [-0.1, -0.05) is 13.0 Å². The lowest BCUT2D eigenvalue weighted by molar-refractivity contribution is -0.131. The Labute approximate surface area is 258 Å². The first-order valence-electron chi connectivity index (χ1n) is 15.9. The lowest BCUT2D eigenvalue weighted by Crippen LogP contribution is -2.49. The number of nitrogens with one attached hydrogen (secondary N) is 3. The number of oxazole rings is 1. The van der Waals surface area contributed by atoms with Crippen LogP contribution in [-0.2, 0) is 24.4 Å². The molecule has 2 amide bonds. The Kier molecular flexibility index (Phi) is 9.30. The van der Waals surface area contributed by atoms with Gasteiger partial charge in [-0.25, -0.2) is 9.97 Å². The van der Waals surface area contributed by atoms with Gasteiger partial charge in [0.05, 0.1) is 5.69 Å². The van der Waals surface area contributed by atoms with E-state index in [9.17, 15) is 9.59 Å². The largest absolute Gasteiger partial charge is 0.486 e. The fourth-order valence-electron chi connectivity index (χ4n) is 5.98. The summed E-state index contributed by atoms with van der Waals surface area (Å²) in [6, 6.07) is 10.7. The number of fused-ring (bicyclic) bond motifs is 1. The maximum absolute atomic E-state index is 13.3. The number of rotatable bonds is 11. The molecule has 1 saturated carbocycles. The Hall–Kier alpha value is -4.12. The fourth-order valence-corrected chi connectivity index (χ4v) is 5.98. The maximum Gasteiger partial charge on any atom is 0.251 e. The predicted octanol–water partition coefficient (Wildman–Crippen LogP) is 3.81. The maximum atomic E-state index is 13.3. The van der Waals surface area contributed by atoms with E-state index >= 15 is 0 Å². The van der Waals surface area contributed by atoms with Crippen molar-refractivity contribution in [2.24, 2.45) is 0 Å². The quantitative estimate of drug-likeness (QED) is 0.301. The highest BCUT2D eigenvalue weighted by molar-refractivity contribution is 5.95. The van der Waals surface area contributed by atoms with E-state index in [2.05, 4.69) is 38.0 Å². The standard InChI is InChI=1S/C33H43N7O4/c1-3-32(41)40-13-11-39(12-14-40)31-18-24(17-30(38-31)37-26-5-4-6-26)33(42)34-10-9-27-15-23-7-8-28(16-25(23)19-35-27)43-20-29-22(2)36-21-44-29/h7-8,16-18,21,26-27,35H,3-6,9-15,19-20H2,1-2H3,(H,34,42)(H,37,38)/t27-/m1/s1. The second-order valence-electron chi connectivity index (χ2n) is 12.0. The van der Waals surface area contributed by atoms with E-state index < -0.39 is 0 Å². The van der Waals surface area contributed by atoms with Gasteiger partial charge >= 0.3 is 0 Å². The van der Waals surface area contributed by atoms with Crippen LogP contribution in [0.2, 0.25) is 0 Å². The van der Waals surface area contributed by atoms with Gasteiger partial charge < -0.3 is 34.9 Å². The van der Waals surface area contributed by atoms with E-state index in [0.717, 1.165) is 61.1 Å². The summed E-state index contributed by atoms with van der Waals surface area (Å²) in [6.45, 7) is 8.24. The zero-order chi connectivity index (χ0) is 30.5. The Morgan fingerprint density at radius 3 is 2.68 bits per heavy atom. The summed E-state index contributed by atoms with van der Waals surface area (Å²) in [6.07, 6.45) is 7.15. The van der Waals surface area contributed by atoms with Crippen molar-refractivity contribution in [1.82, 2.24) is 25.5 Å². The number of benzene rings is 1. The first kappa shape index (κ1) is 29.9. The Morgan fingerprint density at radius 1 is 1.11 bits per heavy atom. The van der Waals surface area contributed by atoms with Crippen molar-refractivity contribution >= 4 is 23.5 Å². The van der Waals surface area contributed by atoms with Crippen molar-refractivity contribution in [3.8, 4) is 5.75 Å². The van der Waals surface area contributed by atoms with Crippen molar-refractivity contribution in [3.05, 3.63) is 64.9 Å². The first-order valence-corrected chi connectivity index (χ1v) is 15.9. The minimum Gasteiger partial charge on any atom is -0.486 e. The second-order valence-corrected chi connectivity index (χ2v) is 12.0. The summed E-state index contributed by atoms with van der Waals surface area (Å²) >= 11 is 0. The van der Waals surface area contributed by atoms with Crippen molar-refractivity contribution in [1.29, 1.82) is 0 Å². The van der Waals surface area contributed by atoms with Crippen LogP contribution in [0.15, 0.2) is 41.1 Å². The Balaban J connectivity index is 1.03. The van der Waals surface area contributed by atoms with Crippen LogP contribution in [-0.4, -0.2) is 71.5 Å². The molecule has 0 bridgehead atoms. The number of hydrogen-bond donors (Lipinski definition) is 3. The molecule has 2 aliphatic heterocycles. The van der Waals surface area contributed by atoms with Crippen LogP contribution in [0.4, 0.5) is 11.6 Å². The number of carbonyl (C=O) groups excluding carboxylic acids is 2. The van der Waals surface area contributed by atoms with Crippen molar-refractivity contribution in [2.75, 3.05) is 42.9 Å². The summed E-state index contributed by atoms with van der Waals surface area (Å²) in [7, 11) is 0. The topological polar surface area (TPSA) is 125 Å². The number of aromatic nitrogens is 2. The number of carbonyl (C=O) groups is 2. The van der Waals surface area contributed by atoms with Gasteiger partial charge in [-0.2, -0.15) is 0 Å². The molecular weight excluding hydrogens is 558 g/mol. The van der Waals surface area contributed by atoms with Gasteiger partial charge in [0.15, 0.2) is 12.2 Å². The molecular formula is C33H43N7O4. The zero-order valence-electron chi connectivity index (χ0n) is 25.7. The van der Waals surface area contributed by atoms with Crippen LogP contribution in [0.5, 0.6) is 5.75 Å². The SMILES string of the molecule is CCC(=O)N1CCN(c2cc(C(=O)NCC[C@@H]3Cc4ccc(OCc5ocnc5C)cc4CN3)cc(NC3CCC3)n2)CC1. The van der Waals surface area contributed by atoms with Crippen molar-refractivity contribution < 1.29 is 18.7 Å². The molecule has 3 aliphatic rings. The third-order valence-electron chi connectivity index (χ3n) is 9.01. The predicted molar refractivity (Wildman–Crippen MR) is 168 cm³/mol. The number of hydrogen-bond acceptors (Lipinski definition) is 9. The lowest BCUT2D eigenvalue weighted by atomic mass is 9.93. The second kappa shape index (κ2) is 13.7. The molecule has 0 unspecified atom stereocenters. The molecule has 234 valence electrons. The Bertz CT molecular complexity index is 1460. The molecule has 2 fully saturated rings. The molecule has 3 N–H and O–H groups in total. The van der Waals surface area contributed by atoms with Gasteiger partial charge in [0.2, 0.25) is 5.91 Å². The highest BCUT2D eigenvalue weighted by Crippen LogP contribution is 2.27. The summed E-state index contributed by atoms with van der Waals surface area (Å²) in [5.41, 5.74) is 3.98. The normalized spacial score (nSPS) is 18.4. The van der Waals surface area contributed by atoms with Gasteiger partial charge in [-0.15, -0.1) is 0 Å². The molecule has 3 aromatic rings. The Morgan fingerprint density at radius 2 is 1.95 bits per heavy atom. The molecule has 11 heteroatoms.